The van der Waals surface area contributed by atoms with E-state index in [0.29, 0.717) is 5.82 Å². The number of benzene rings is 4. The number of para-hydroxylation sites is 1. The molecule has 0 bridgehead atoms. The molecule has 0 radical (unpaired) electrons. The van der Waals surface area contributed by atoms with E-state index in [0.717, 1.165) is 54.5 Å². The molecule has 4 aromatic carbocycles. The van der Waals surface area contributed by atoms with Crippen molar-refractivity contribution in [1.82, 2.24) is 9.97 Å². The van der Waals surface area contributed by atoms with Crippen LogP contribution in [0.15, 0.2) is 112 Å². The first-order valence-corrected chi connectivity index (χ1v) is 11.2. The number of fused-ring (bicyclic) bond motifs is 3. The van der Waals surface area contributed by atoms with Crippen molar-refractivity contribution in [2.45, 2.75) is 0 Å². The molecule has 2 heterocycles. The summed E-state index contributed by atoms with van der Waals surface area (Å²) in [4.78, 5) is 9.90. The van der Waals surface area contributed by atoms with Gasteiger partial charge in [0.2, 0.25) is 0 Å². The second-order valence-electron chi connectivity index (χ2n) is 7.61. The molecule has 32 heavy (non-hydrogen) atoms. The fourth-order valence-electron chi connectivity index (χ4n) is 4.06. The summed E-state index contributed by atoms with van der Waals surface area (Å²) in [7, 11) is 0. The molecule has 0 aliphatic heterocycles. The van der Waals surface area contributed by atoms with E-state index in [9.17, 15) is 0 Å². The number of furan rings is 1. The first kappa shape index (κ1) is 19.0. The fraction of sp³-hybridized carbons (Fsp3) is 0. The van der Waals surface area contributed by atoms with Crippen LogP contribution in [0.4, 0.5) is 0 Å². The largest absolute Gasteiger partial charge is 0.456 e. The Bertz CT molecular complexity index is 1570. The van der Waals surface area contributed by atoms with Gasteiger partial charge in [0.1, 0.15) is 11.2 Å². The number of hydrogen-bond acceptors (Lipinski definition) is 3. The average molecular weight is 477 g/mol. The highest BCUT2D eigenvalue weighted by Gasteiger charge is 2.16. The molecule has 0 N–H and O–H groups in total. The Hall–Kier alpha value is -3.76. The van der Waals surface area contributed by atoms with Crippen LogP contribution in [0.3, 0.4) is 0 Å². The molecule has 2 aromatic heterocycles. The maximum atomic E-state index is 6.11. The molecule has 0 aliphatic rings. The van der Waals surface area contributed by atoms with Gasteiger partial charge in [0.25, 0.3) is 0 Å². The Kier molecular flexibility index (Phi) is 4.58. The van der Waals surface area contributed by atoms with Gasteiger partial charge < -0.3 is 4.42 Å². The highest BCUT2D eigenvalue weighted by Crippen LogP contribution is 2.37. The molecule has 152 valence electrons. The van der Waals surface area contributed by atoms with Crippen LogP contribution in [0, 0.1) is 0 Å². The summed E-state index contributed by atoms with van der Waals surface area (Å²) >= 11 is 3.52. The predicted octanol–water partition coefficient (Wildman–Crippen LogP) is 8.14. The van der Waals surface area contributed by atoms with Gasteiger partial charge >= 0.3 is 0 Å². The van der Waals surface area contributed by atoms with Crippen molar-refractivity contribution < 1.29 is 4.42 Å². The molecular weight excluding hydrogens is 460 g/mol. The van der Waals surface area contributed by atoms with Crippen LogP contribution in [0.5, 0.6) is 0 Å². The Morgan fingerprint density at radius 1 is 0.594 bits per heavy atom. The highest BCUT2D eigenvalue weighted by molar-refractivity contribution is 9.10. The van der Waals surface area contributed by atoms with Crippen LogP contribution in [0.1, 0.15) is 0 Å². The smallest absolute Gasteiger partial charge is 0.160 e. The van der Waals surface area contributed by atoms with Crippen molar-refractivity contribution in [2.75, 3.05) is 0 Å². The Labute approximate surface area is 193 Å². The van der Waals surface area contributed by atoms with Gasteiger partial charge in [-0.25, -0.2) is 9.97 Å². The van der Waals surface area contributed by atoms with Crippen molar-refractivity contribution >= 4 is 37.9 Å². The van der Waals surface area contributed by atoms with E-state index in [1.165, 1.54) is 0 Å². The van der Waals surface area contributed by atoms with Crippen LogP contribution in [-0.2, 0) is 0 Å². The molecule has 0 saturated carbocycles. The van der Waals surface area contributed by atoms with Crippen molar-refractivity contribution in [1.29, 1.82) is 0 Å². The zero-order chi connectivity index (χ0) is 21.5. The van der Waals surface area contributed by atoms with Crippen LogP contribution >= 0.6 is 15.9 Å². The normalized spacial score (nSPS) is 11.3. The Balaban J connectivity index is 1.64. The molecule has 4 heteroatoms. The standard InChI is InChI=1S/C28H17BrN2O/c29-20-15-13-18(14-16-20)23-17-24(31-28(30-23)19-7-2-1-3-8-19)21-10-6-12-26-27(21)22-9-4-5-11-25(22)32-26/h1-17H. The molecule has 0 amide bonds. The van der Waals surface area contributed by atoms with Crippen molar-refractivity contribution in [3.63, 3.8) is 0 Å². The van der Waals surface area contributed by atoms with E-state index in [4.69, 9.17) is 14.4 Å². The molecule has 3 nitrogen and oxygen atoms in total. The van der Waals surface area contributed by atoms with E-state index >= 15 is 0 Å². The van der Waals surface area contributed by atoms with Crippen molar-refractivity contribution in [2.24, 2.45) is 0 Å². The first-order chi connectivity index (χ1) is 15.8. The van der Waals surface area contributed by atoms with E-state index < -0.39 is 0 Å². The summed E-state index contributed by atoms with van der Waals surface area (Å²) < 4.78 is 7.14. The van der Waals surface area contributed by atoms with Gasteiger partial charge in [-0.15, -0.1) is 0 Å². The number of rotatable bonds is 3. The summed E-state index contributed by atoms with van der Waals surface area (Å²) in [5.74, 6) is 0.700. The quantitative estimate of drug-likeness (QED) is 0.258. The second-order valence-corrected chi connectivity index (χ2v) is 8.53. The number of nitrogens with zero attached hydrogens (tertiary/aromatic N) is 2. The van der Waals surface area contributed by atoms with Crippen LogP contribution in [-0.4, -0.2) is 9.97 Å². The summed E-state index contributed by atoms with van der Waals surface area (Å²) in [6.07, 6.45) is 0. The van der Waals surface area contributed by atoms with Gasteiger partial charge in [0.15, 0.2) is 5.82 Å². The lowest BCUT2D eigenvalue weighted by Gasteiger charge is -2.10. The lowest BCUT2D eigenvalue weighted by Crippen LogP contribution is -1.96. The van der Waals surface area contributed by atoms with E-state index in [2.05, 4.69) is 46.3 Å². The van der Waals surface area contributed by atoms with E-state index in [1.54, 1.807) is 0 Å². The number of hydrogen-bond donors (Lipinski definition) is 0. The third-order valence-electron chi connectivity index (χ3n) is 5.58. The van der Waals surface area contributed by atoms with Crippen molar-refractivity contribution in [3.05, 3.63) is 108 Å². The molecule has 0 fully saturated rings. The Morgan fingerprint density at radius 2 is 1.31 bits per heavy atom. The number of aromatic nitrogens is 2. The topological polar surface area (TPSA) is 38.9 Å². The minimum atomic E-state index is 0.700. The lowest BCUT2D eigenvalue weighted by atomic mass is 10.0. The minimum absolute atomic E-state index is 0.700. The van der Waals surface area contributed by atoms with Crippen molar-refractivity contribution in [3.8, 4) is 33.9 Å². The maximum Gasteiger partial charge on any atom is 0.160 e. The summed E-state index contributed by atoms with van der Waals surface area (Å²) in [6, 6.07) is 34.6. The van der Waals surface area contributed by atoms with E-state index in [-0.39, 0.29) is 0 Å². The third-order valence-corrected chi connectivity index (χ3v) is 6.11. The molecule has 0 saturated heterocycles. The lowest BCUT2D eigenvalue weighted by molar-refractivity contribution is 0.669. The summed E-state index contributed by atoms with van der Waals surface area (Å²) in [6.45, 7) is 0. The third kappa shape index (κ3) is 3.29. The van der Waals surface area contributed by atoms with Gasteiger partial charge in [-0.1, -0.05) is 88.7 Å². The molecule has 0 aliphatic carbocycles. The SMILES string of the molecule is Brc1ccc(-c2cc(-c3cccc4oc5ccccc5c34)nc(-c3ccccc3)n2)cc1. The Morgan fingerprint density at radius 3 is 2.16 bits per heavy atom. The summed E-state index contributed by atoms with van der Waals surface area (Å²) in [5, 5.41) is 2.16. The highest BCUT2D eigenvalue weighted by atomic mass is 79.9. The maximum absolute atomic E-state index is 6.11. The van der Waals surface area contributed by atoms with Crippen LogP contribution in [0.25, 0.3) is 55.8 Å². The minimum Gasteiger partial charge on any atom is -0.456 e. The molecule has 0 atom stereocenters. The fourth-order valence-corrected chi connectivity index (χ4v) is 4.32. The number of halogens is 1. The molecule has 0 spiro atoms. The monoisotopic (exact) mass is 476 g/mol. The first-order valence-electron chi connectivity index (χ1n) is 10.4. The van der Waals surface area contributed by atoms with Gasteiger partial charge in [0, 0.05) is 31.9 Å². The van der Waals surface area contributed by atoms with Gasteiger partial charge in [-0.3, -0.25) is 0 Å². The van der Waals surface area contributed by atoms with Gasteiger partial charge in [0.05, 0.1) is 11.4 Å². The second kappa shape index (κ2) is 7.74. The van der Waals surface area contributed by atoms with Gasteiger partial charge in [-0.2, -0.15) is 0 Å². The zero-order valence-corrected chi connectivity index (χ0v) is 18.6. The zero-order valence-electron chi connectivity index (χ0n) is 17.0. The van der Waals surface area contributed by atoms with E-state index in [1.807, 2.05) is 72.8 Å². The van der Waals surface area contributed by atoms with Crippen LogP contribution < -0.4 is 0 Å². The van der Waals surface area contributed by atoms with Gasteiger partial charge in [-0.05, 0) is 30.3 Å². The molecule has 6 aromatic rings. The molecular formula is C28H17BrN2O. The molecule has 6 rings (SSSR count). The summed E-state index contributed by atoms with van der Waals surface area (Å²) in [5.41, 5.74) is 6.54. The van der Waals surface area contributed by atoms with Crippen LogP contribution in [0.2, 0.25) is 0 Å². The molecule has 0 unspecified atom stereocenters. The average Bonchev–Trinajstić information content (AvgIpc) is 3.24. The predicted molar refractivity (Wildman–Crippen MR) is 133 cm³/mol.